The number of carbonyl (C=O) groups excluding carboxylic acids is 1. The Morgan fingerprint density at radius 1 is 1.07 bits per heavy atom. The first-order valence-electron chi connectivity index (χ1n) is 10.0. The van der Waals surface area contributed by atoms with Crippen molar-refractivity contribution in [1.29, 1.82) is 0 Å². The Labute approximate surface area is 162 Å². The van der Waals surface area contributed by atoms with Gasteiger partial charge in [0.05, 0.1) is 6.54 Å². The number of rotatable bonds is 4. The van der Waals surface area contributed by atoms with Crippen molar-refractivity contribution in [2.24, 2.45) is 0 Å². The molecule has 2 aromatic rings. The van der Waals surface area contributed by atoms with Gasteiger partial charge in [0.2, 0.25) is 5.91 Å². The molecule has 2 aromatic carbocycles. The van der Waals surface area contributed by atoms with Crippen molar-refractivity contribution >= 4 is 11.5 Å². The SMILES string of the molecule is CN(CC(=O)N1CC=C(c2ccccc2)CC1)[C@H]1CCCc2ccccc21. The molecular formula is C24H28N2O. The molecule has 0 spiro atoms. The maximum Gasteiger partial charge on any atom is 0.237 e. The van der Waals surface area contributed by atoms with Crippen molar-refractivity contribution < 1.29 is 4.79 Å². The van der Waals surface area contributed by atoms with Crippen LogP contribution in [-0.2, 0) is 11.2 Å². The van der Waals surface area contributed by atoms with Crippen molar-refractivity contribution in [3.05, 3.63) is 77.4 Å². The molecule has 3 nitrogen and oxygen atoms in total. The van der Waals surface area contributed by atoms with E-state index < -0.39 is 0 Å². The van der Waals surface area contributed by atoms with Crippen molar-refractivity contribution in [2.75, 3.05) is 26.7 Å². The normalized spacial score (nSPS) is 19.6. The number of hydrogen-bond donors (Lipinski definition) is 0. The van der Waals surface area contributed by atoms with Crippen LogP contribution in [0.4, 0.5) is 0 Å². The first-order valence-corrected chi connectivity index (χ1v) is 10.0. The van der Waals surface area contributed by atoms with E-state index in [2.05, 4.69) is 66.6 Å². The first-order chi connectivity index (χ1) is 13.2. The minimum absolute atomic E-state index is 0.240. The number of fused-ring (bicyclic) bond motifs is 1. The molecule has 0 fully saturated rings. The van der Waals surface area contributed by atoms with E-state index in [1.165, 1.54) is 28.7 Å². The second-order valence-corrected chi connectivity index (χ2v) is 7.71. The minimum atomic E-state index is 0.240. The molecule has 0 saturated heterocycles. The molecule has 0 saturated carbocycles. The van der Waals surface area contributed by atoms with Gasteiger partial charge in [-0.25, -0.2) is 0 Å². The van der Waals surface area contributed by atoms with Gasteiger partial charge in [-0.3, -0.25) is 9.69 Å². The Morgan fingerprint density at radius 2 is 1.85 bits per heavy atom. The molecule has 1 atom stereocenters. The van der Waals surface area contributed by atoms with Gasteiger partial charge in [0.1, 0.15) is 0 Å². The second-order valence-electron chi connectivity index (χ2n) is 7.71. The Bertz CT molecular complexity index is 827. The molecule has 1 aliphatic carbocycles. The number of amides is 1. The highest BCUT2D eigenvalue weighted by Gasteiger charge is 2.26. The Kier molecular flexibility index (Phi) is 5.40. The Morgan fingerprint density at radius 3 is 2.63 bits per heavy atom. The summed E-state index contributed by atoms with van der Waals surface area (Å²) in [5.74, 6) is 0.240. The van der Waals surface area contributed by atoms with Crippen molar-refractivity contribution in [3.8, 4) is 0 Å². The van der Waals surface area contributed by atoms with Crippen molar-refractivity contribution in [1.82, 2.24) is 9.80 Å². The summed E-state index contributed by atoms with van der Waals surface area (Å²) in [6.45, 7) is 2.03. The summed E-state index contributed by atoms with van der Waals surface area (Å²) in [4.78, 5) is 17.1. The van der Waals surface area contributed by atoms with Gasteiger partial charge < -0.3 is 4.90 Å². The van der Waals surface area contributed by atoms with Crippen LogP contribution in [0.3, 0.4) is 0 Å². The molecule has 1 aliphatic heterocycles. The van der Waals surface area contributed by atoms with Crippen molar-refractivity contribution in [2.45, 2.75) is 31.7 Å². The van der Waals surface area contributed by atoms with Crippen LogP contribution in [0, 0.1) is 0 Å². The van der Waals surface area contributed by atoms with Crippen LogP contribution in [0.1, 0.15) is 42.0 Å². The van der Waals surface area contributed by atoms with Gasteiger partial charge in [0.15, 0.2) is 0 Å². The molecule has 2 aliphatic rings. The highest BCUT2D eigenvalue weighted by molar-refractivity contribution is 5.80. The van der Waals surface area contributed by atoms with Crippen LogP contribution < -0.4 is 0 Å². The van der Waals surface area contributed by atoms with Gasteiger partial charge in [-0.05, 0) is 55.0 Å². The lowest BCUT2D eigenvalue weighted by Crippen LogP contribution is -2.42. The molecule has 140 valence electrons. The van der Waals surface area contributed by atoms with Gasteiger partial charge in [-0.15, -0.1) is 0 Å². The number of aryl methyl sites for hydroxylation is 1. The Hall–Kier alpha value is -2.39. The predicted molar refractivity (Wildman–Crippen MR) is 110 cm³/mol. The van der Waals surface area contributed by atoms with E-state index in [-0.39, 0.29) is 5.91 Å². The summed E-state index contributed by atoms with van der Waals surface area (Å²) in [6, 6.07) is 19.6. The van der Waals surface area contributed by atoms with E-state index in [1.54, 1.807) is 0 Å². The van der Waals surface area contributed by atoms with Gasteiger partial charge in [-0.1, -0.05) is 60.7 Å². The molecule has 1 amide bonds. The second kappa shape index (κ2) is 8.10. The van der Waals surface area contributed by atoms with Crippen molar-refractivity contribution in [3.63, 3.8) is 0 Å². The van der Waals surface area contributed by atoms with E-state index in [9.17, 15) is 4.79 Å². The highest BCUT2D eigenvalue weighted by Crippen LogP contribution is 2.33. The molecule has 0 radical (unpaired) electrons. The van der Waals surface area contributed by atoms with Crippen LogP contribution >= 0.6 is 0 Å². The van der Waals surface area contributed by atoms with Gasteiger partial charge in [0, 0.05) is 19.1 Å². The van der Waals surface area contributed by atoms with E-state index >= 15 is 0 Å². The van der Waals surface area contributed by atoms with Gasteiger partial charge >= 0.3 is 0 Å². The lowest BCUT2D eigenvalue weighted by Gasteiger charge is -2.35. The summed E-state index contributed by atoms with van der Waals surface area (Å²) in [5, 5.41) is 0. The zero-order valence-corrected chi connectivity index (χ0v) is 16.1. The fraction of sp³-hybridized carbons (Fsp3) is 0.375. The molecular weight excluding hydrogens is 332 g/mol. The number of hydrogen-bond acceptors (Lipinski definition) is 2. The molecule has 0 aromatic heterocycles. The van der Waals surface area contributed by atoms with E-state index in [0.29, 0.717) is 12.6 Å². The molecule has 0 bridgehead atoms. The van der Waals surface area contributed by atoms with Gasteiger partial charge in [-0.2, -0.15) is 0 Å². The lowest BCUT2D eigenvalue weighted by atomic mass is 9.87. The third-order valence-electron chi connectivity index (χ3n) is 5.96. The quantitative estimate of drug-likeness (QED) is 0.811. The number of carbonyl (C=O) groups is 1. The topological polar surface area (TPSA) is 23.6 Å². The summed E-state index contributed by atoms with van der Waals surface area (Å²) in [7, 11) is 2.10. The number of nitrogens with zero attached hydrogens (tertiary/aromatic N) is 2. The standard InChI is InChI=1S/C24H28N2O/c1-25(23-13-7-11-21-10-5-6-12-22(21)23)18-24(27)26-16-14-20(15-17-26)19-8-3-2-4-9-19/h2-6,8-10,12,14,23H,7,11,13,15-18H2,1H3/t23-/m0/s1. The molecule has 0 unspecified atom stereocenters. The zero-order chi connectivity index (χ0) is 18.6. The first kappa shape index (κ1) is 18.0. The summed E-state index contributed by atoms with van der Waals surface area (Å²) in [5.41, 5.74) is 5.49. The van der Waals surface area contributed by atoms with Crippen LogP contribution in [0.5, 0.6) is 0 Å². The monoisotopic (exact) mass is 360 g/mol. The largest absolute Gasteiger partial charge is 0.338 e. The Balaban J connectivity index is 1.38. The molecule has 27 heavy (non-hydrogen) atoms. The maximum absolute atomic E-state index is 12.9. The summed E-state index contributed by atoms with van der Waals surface area (Å²) < 4.78 is 0. The van der Waals surface area contributed by atoms with Crippen LogP contribution in [0.25, 0.3) is 5.57 Å². The molecule has 4 rings (SSSR count). The third kappa shape index (κ3) is 3.98. The molecule has 3 heteroatoms. The fourth-order valence-electron chi connectivity index (χ4n) is 4.42. The van der Waals surface area contributed by atoms with Crippen LogP contribution in [0.2, 0.25) is 0 Å². The minimum Gasteiger partial charge on any atom is -0.338 e. The maximum atomic E-state index is 12.9. The van der Waals surface area contributed by atoms with Gasteiger partial charge in [0.25, 0.3) is 0 Å². The molecule has 1 heterocycles. The van der Waals surface area contributed by atoms with E-state index in [0.717, 1.165) is 32.4 Å². The predicted octanol–water partition coefficient (Wildman–Crippen LogP) is 4.31. The summed E-state index contributed by atoms with van der Waals surface area (Å²) >= 11 is 0. The van der Waals surface area contributed by atoms with E-state index in [1.807, 2.05) is 11.0 Å². The summed E-state index contributed by atoms with van der Waals surface area (Å²) in [6.07, 6.45) is 6.65. The average Bonchev–Trinajstić information content (AvgIpc) is 2.74. The van der Waals surface area contributed by atoms with E-state index in [4.69, 9.17) is 0 Å². The zero-order valence-electron chi connectivity index (χ0n) is 16.1. The lowest BCUT2D eigenvalue weighted by molar-refractivity contribution is -0.132. The fourth-order valence-corrected chi connectivity index (χ4v) is 4.42. The number of likely N-dealkylation sites (N-methyl/N-ethyl adjacent to an activating group) is 1. The van der Waals surface area contributed by atoms with Crippen LogP contribution in [0.15, 0.2) is 60.7 Å². The average molecular weight is 361 g/mol. The molecule has 0 N–H and O–H groups in total. The number of benzene rings is 2. The van der Waals surface area contributed by atoms with Crippen LogP contribution in [-0.4, -0.2) is 42.4 Å². The third-order valence-corrected chi connectivity index (χ3v) is 5.96. The smallest absolute Gasteiger partial charge is 0.237 e. The highest BCUT2D eigenvalue weighted by atomic mass is 16.2.